The molecule has 0 unspecified atom stereocenters. The fraction of sp³-hybridized carbons (Fsp3) is 0.0667. The van der Waals surface area contributed by atoms with Crippen LogP contribution in [0.25, 0.3) is 20.2 Å². The first-order chi connectivity index (χ1) is 9.54. The van der Waals surface area contributed by atoms with Crippen LogP contribution in [0.5, 0.6) is 5.75 Å². The van der Waals surface area contributed by atoms with Crippen molar-refractivity contribution in [3.05, 3.63) is 52.9 Å². The van der Waals surface area contributed by atoms with Crippen LogP contribution in [0.1, 0.15) is 4.88 Å². The molecule has 0 aliphatic heterocycles. The number of hydrogen-bond acceptors (Lipinski definition) is 3. The molecular formula is C15H10F2OS2. The second-order valence-electron chi connectivity index (χ2n) is 4.36. The van der Waals surface area contributed by atoms with Crippen molar-refractivity contribution in [3.8, 4) is 25.9 Å². The summed E-state index contributed by atoms with van der Waals surface area (Å²) in [7, 11) is 0. The summed E-state index contributed by atoms with van der Waals surface area (Å²) in [5.41, 5.74) is -0.0904. The van der Waals surface area contributed by atoms with Crippen molar-refractivity contribution < 1.29 is 13.9 Å². The Balaban J connectivity index is 2.07. The van der Waals surface area contributed by atoms with Gasteiger partial charge in [0.2, 0.25) is 0 Å². The van der Waals surface area contributed by atoms with Gasteiger partial charge in [0.05, 0.1) is 5.56 Å². The summed E-state index contributed by atoms with van der Waals surface area (Å²) < 4.78 is 27.6. The van der Waals surface area contributed by atoms with Gasteiger partial charge in [0.25, 0.3) is 0 Å². The van der Waals surface area contributed by atoms with Gasteiger partial charge in [0, 0.05) is 31.6 Å². The minimum atomic E-state index is -0.752. The molecule has 0 saturated carbocycles. The molecule has 0 radical (unpaired) electrons. The first-order valence-corrected chi connectivity index (χ1v) is 7.53. The lowest BCUT2D eigenvalue weighted by Gasteiger charge is -2.03. The standard InChI is InChI=1S/C15H10F2OS2/c1-8-2-3-12(19-8)13-4-5-14(20-13)15-10(16)6-9(18)7-11(15)17/h2-7,18H,1H3. The summed E-state index contributed by atoms with van der Waals surface area (Å²) in [6.45, 7) is 2.02. The van der Waals surface area contributed by atoms with Crippen molar-refractivity contribution in [1.82, 2.24) is 0 Å². The van der Waals surface area contributed by atoms with E-state index in [-0.39, 0.29) is 5.56 Å². The largest absolute Gasteiger partial charge is 0.508 e. The Morgan fingerprint density at radius 3 is 2.00 bits per heavy atom. The van der Waals surface area contributed by atoms with Crippen LogP contribution in [-0.4, -0.2) is 5.11 Å². The van der Waals surface area contributed by atoms with Crippen LogP contribution in [0.3, 0.4) is 0 Å². The van der Waals surface area contributed by atoms with Gasteiger partial charge in [0.15, 0.2) is 0 Å². The van der Waals surface area contributed by atoms with Crippen LogP contribution in [0.4, 0.5) is 8.78 Å². The summed E-state index contributed by atoms with van der Waals surface area (Å²) in [5, 5.41) is 9.18. The van der Waals surface area contributed by atoms with E-state index in [2.05, 4.69) is 0 Å². The van der Waals surface area contributed by atoms with E-state index in [4.69, 9.17) is 0 Å². The van der Waals surface area contributed by atoms with Crippen LogP contribution < -0.4 is 0 Å². The highest BCUT2D eigenvalue weighted by molar-refractivity contribution is 7.23. The van der Waals surface area contributed by atoms with Gasteiger partial charge < -0.3 is 5.11 Å². The molecule has 102 valence electrons. The van der Waals surface area contributed by atoms with E-state index in [1.807, 2.05) is 25.1 Å². The molecule has 3 aromatic rings. The zero-order chi connectivity index (χ0) is 14.3. The second kappa shape index (κ2) is 5.00. The number of aromatic hydroxyl groups is 1. The van der Waals surface area contributed by atoms with Crippen molar-refractivity contribution in [2.75, 3.05) is 0 Å². The predicted octanol–water partition coefficient (Wildman–Crippen LogP) is 5.44. The lowest BCUT2D eigenvalue weighted by Crippen LogP contribution is -1.87. The van der Waals surface area contributed by atoms with Crippen LogP contribution in [0.2, 0.25) is 0 Å². The van der Waals surface area contributed by atoms with Gasteiger partial charge in [-0.25, -0.2) is 8.78 Å². The molecule has 0 aliphatic carbocycles. The molecule has 0 saturated heterocycles. The van der Waals surface area contributed by atoms with E-state index in [1.165, 1.54) is 16.2 Å². The molecule has 1 nitrogen and oxygen atoms in total. The molecule has 0 aliphatic rings. The molecule has 1 N–H and O–H groups in total. The number of phenolic OH excluding ortho intramolecular Hbond substituents is 1. The number of phenols is 1. The molecule has 20 heavy (non-hydrogen) atoms. The molecule has 0 amide bonds. The first kappa shape index (κ1) is 13.3. The quantitative estimate of drug-likeness (QED) is 0.668. The highest BCUT2D eigenvalue weighted by Gasteiger charge is 2.16. The number of aryl methyl sites for hydroxylation is 1. The number of hydrogen-bond donors (Lipinski definition) is 1. The third-order valence-electron chi connectivity index (χ3n) is 2.86. The monoisotopic (exact) mass is 308 g/mol. The molecule has 0 fully saturated rings. The van der Waals surface area contributed by atoms with Gasteiger partial charge in [-0.15, -0.1) is 22.7 Å². The first-order valence-electron chi connectivity index (χ1n) is 5.89. The van der Waals surface area contributed by atoms with Crippen LogP contribution >= 0.6 is 22.7 Å². The van der Waals surface area contributed by atoms with Gasteiger partial charge in [-0.05, 0) is 31.2 Å². The summed E-state index contributed by atoms with van der Waals surface area (Å²) in [6.07, 6.45) is 0. The number of halogens is 2. The number of thiophene rings is 2. The third-order valence-corrected chi connectivity index (χ3v) is 5.16. The summed E-state index contributed by atoms with van der Waals surface area (Å²) in [5.74, 6) is -1.91. The molecule has 3 rings (SSSR count). The van der Waals surface area contributed by atoms with E-state index >= 15 is 0 Å². The van der Waals surface area contributed by atoms with E-state index in [1.54, 1.807) is 17.4 Å². The lowest BCUT2D eigenvalue weighted by molar-refractivity contribution is 0.461. The molecule has 5 heteroatoms. The van der Waals surface area contributed by atoms with Gasteiger partial charge in [-0.3, -0.25) is 0 Å². The summed E-state index contributed by atoms with van der Waals surface area (Å²) in [4.78, 5) is 3.77. The van der Waals surface area contributed by atoms with Crippen molar-refractivity contribution in [2.24, 2.45) is 0 Å². The maximum atomic E-state index is 13.8. The fourth-order valence-corrected chi connectivity index (χ4v) is 3.98. The average molecular weight is 308 g/mol. The maximum Gasteiger partial charge on any atom is 0.138 e. The topological polar surface area (TPSA) is 20.2 Å². The van der Waals surface area contributed by atoms with Crippen LogP contribution in [0.15, 0.2) is 36.4 Å². The average Bonchev–Trinajstić information content (AvgIpc) is 2.96. The molecule has 1 aromatic carbocycles. The Bertz CT molecular complexity index is 751. The molecule has 0 bridgehead atoms. The SMILES string of the molecule is Cc1ccc(-c2ccc(-c3c(F)cc(O)cc3F)s2)s1. The minimum absolute atomic E-state index is 0.0904. The second-order valence-corrected chi connectivity index (χ2v) is 6.73. The Labute approximate surface area is 122 Å². The maximum absolute atomic E-state index is 13.8. The van der Waals surface area contributed by atoms with Crippen LogP contribution in [-0.2, 0) is 0 Å². The zero-order valence-electron chi connectivity index (χ0n) is 10.5. The van der Waals surface area contributed by atoms with E-state index in [0.29, 0.717) is 4.88 Å². The normalized spacial score (nSPS) is 10.9. The minimum Gasteiger partial charge on any atom is -0.508 e. The zero-order valence-corrected chi connectivity index (χ0v) is 12.1. The summed E-state index contributed by atoms with van der Waals surface area (Å²) >= 11 is 2.98. The van der Waals surface area contributed by atoms with Gasteiger partial charge >= 0.3 is 0 Å². The molecule has 2 heterocycles. The molecule has 0 spiro atoms. The number of benzene rings is 1. The molecular weight excluding hydrogens is 298 g/mol. The van der Waals surface area contributed by atoms with Crippen molar-refractivity contribution in [1.29, 1.82) is 0 Å². The van der Waals surface area contributed by atoms with E-state index in [9.17, 15) is 13.9 Å². The molecule has 0 atom stereocenters. The van der Waals surface area contributed by atoms with Gasteiger partial charge in [-0.1, -0.05) is 0 Å². The summed E-state index contributed by atoms with van der Waals surface area (Å²) in [6, 6.07) is 9.42. The van der Waals surface area contributed by atoms with Crippen molar-refractivity contribution in [2.45, 2.75) is 6.92 Å². The van der Waals surface area contributed by atoms with Crippen molar-refractivity contribution in [3.63, 3.8) is 0 Å². The Morgan fingerprint density at radius 1 is 0.850 bits per heavy atom. The van der Waals surface area contributed by atoms with Crippen LogP contribution in [0, 0.1) is 18.6 Å². The van der Waals surface area contributed by atoms with Gasteiger partial charge in [0.1, 0.15) is 17.4 Å². The lowest BCUT2D eigenvalue weighted by atomic mass is 10.1. The third kappa shape index (κ3) is 2.34. The van der Waals surface area contributed by atoms with E-state index < -0.39 is 17.4 Å². The highest BCUT2D eigenvalue weighted by atomic mass is 32.1. The Kier molecular flexibility index (Phi) is 3.31. The Morgan fingerprint density at radius 2 is 1.40 bits per heavy atom. The Hall–Kier alpha value is -1.72. The smallest absolute Gasteiger partial charge is 0.138 e. The highest BCUT2D eigenvalue weighted by Crippen LogP contribution is 2.39. The van der Waals surface area contributed by atoms with Gasteiger partial charge in [-0.2, -0.15) is 0 Å². The fourth-order valence-electron chi connectivity index (χ4n) is 1.97. The molecule has 2 aromatic heterocycles. The predicted molar refractivity (Wildman–Crippen MR) is 79.4 cm³/mol. The number of rotatable bonds is 2. The van der Waals surface area contributed by atoms with Crippen molar-refractivity contribution >= 4 is 22.7 Å². The van der Waals surface area contributed by atoms with E-state index in [0.717, 1.165) is 21.9 Å².